The Morgan fingerprint density at radius 3 is 2.55 bits per heavy atom. The Morgan fingerprint density at radius 2 is 1.95 bits per heavy atom. The molecule has 22 heavy (non-hydrogen) atoms. The van der Waals surface area contributed by atoms with Gasteiger partial charge in [-0.1, -0.05) is 13.8 Å². The Labute approximate surface area is 144 Å². The first-order chi connectivity index (χ1) is 10.4. The summed E-state index contributed by atoms with van der Waals surface area (Å²) < 4.78 is 12.6. The van der Waals surface area contributed by atoms with Gasteiger partial charge in [0.2, 0.25) is 0 Å². The summed E-state index contributed by atoms with van der Waals surface area (Å²) in [5.74, 6) is 3.34. The zero-order valence-corrected chi connectivity index (χ0v) is 15.3. The zero-order valence-electron chi connectivity index (χ0n) is 13.2. The van der Waals surface area contributed by atoms with Crippen molar-refractivity contribution >= 4 is 28.4 Å². The molecule has 0 amide bonds. The fraction of sp³-hybridized carbons (Fsp3) is 0.375. The van der Waals surface area contributed by atoms with Crippen LogP contribution < -0.4 is 15.2 Å². The summed E-state index contributed by atoms with van der Waals surface area (Å²) in [4.78, 5) is 8.27. The van der Waals surface area contributed by atoms with Crippen LogP contribution >= 0.6 is 22.6 Å². The number of ether oxygens (including phenoxy) is 2. The van der Waals surface area contributed by atoms with Gasteiger partial charge >= 0.3 is 0 Å². The molecule has 5 nitrogen and oxygen atoms in total. The lowest BCUT2D eigenvalue weighted by molar-refractivity contribution is 0.336. The van der Waals surface area contributed by atoms with Crippen LogP contribution in [0.15, 0.2) is 18.3 Å². The van der Waals surface area contributed by atoms with Gasteiger partial charge in [-0.2, -0.15) is 0 Å². The molecule has 2 N–H and O–H groups in total. The van der Waals surface area contributed by atoms with Crippen molar-refractivity contribution in [2.75, 3.05) is 12.3 Å². The summed E-state index contributed by atoms with van der Waals surface area (Å²) in [7, 11) is 0. The summed E-state index contributed by atoms with van der Waals surface area (Å²) >= 11 is 2.24. The largest absolute Gasteiger partial charge is 0.493 e. The predicted octanol–water partition coefficient (Wildman–Crippen LogP) is 4.29. The highest BCUT2D eigenvalue weighted by molar-refractivity contribution is 14.1. The maximum Gasteiger partial charge on any atom is 0.187 e. The van der Waals surface area contributed by atoms with Crippen molar-refractivity contribution in [2.24, 2.45) is 0 Å². The van der Waals surface area contributed by atoms with Gasteiger partial charge in [0.1, 0.15) is 17.3 Å². The van der Waals surface area contributed by atoms with Gasteiger partial charge in [-0.15, -0.1) is 0 Å². The fourth-order valence-electron chi connectivity index (χ4n) is 2.03. The number of nitrogen functional groups attached to an aromatic ring is 1. The van der Waals surface area contributed by atoms with Crippen molar-refractivity contribution in [3.8, 4) is 17.2 Å². The van der Waals surface area contributed by atoms with Gasteiger partial charge in [-0.05, 0) is 54.5 Å². The lowest BCUT2D eigenvalue weighted by Crippen LogP contribution is -2.02. The van der Waals surface area contributed by atoms with E-state index in [0.717, 1.165) is 20.6 Å². The molecule has 1 aromatic heterocycles. The van der Waals surface area contributed by atoms with Gasteiger partial charge in [0.25, 0.3) is 0 Å². The monoisotopic (exact) mass is 413 g/mol. The SMILES string of the molecule is CCOc1cc(C(C)C)c(Oc2cnc(C)nc2N)cc1I. The molecule has 0 spiro atoms. The number of nitrogens with zero attached hydrogens (tertiary/aromatic N) is 2. The molecule has 0 saturated heterocycles. The summed E-state index contributed by atoms with van der Waals surface area (Å²) in [5, 5.41) is 0. The lowest BCUT2D eigenvalue weighted by atomic mass is 10.0. The van der Waals surface area contributed by atoms with Crippen LogP contribution in [0, 0.1) is 10.5 Å². The first kappa shape index (κ1) is 16.8. The van der Waals surface area contributed by atoms with E-state index in [2.05, 4.69) is 46.4 Å². The van der Waals surface area contributed by atoms with Crippen LogP contribution in [-0.2, 0) is 0 Å². The second-order valence-electron chi connectivity index (χ2n) is 5.18. The summed E-state index contributed by atoms with van der Waals surface area (Å²) in [6.45, 7) is 8.62. The van der Waals surface area contributed by atoms with Crippen LogP contribution in [0.25, 0.3) is 0 Å². The molecule has 0 atom stereocenters. The summed E-state index contributed by atoms with van der Waals surface area (Å²) in [6, 6.07) is 3.98. The highest BCUT2D eigenvalue weighted by Crippen LogP contribution is 2.37. The minimum absolute atomic E-state index is 0.291. The van der Waals surface area contributed by atoms with E-state index in [-0.39, 0.29) is 0 Å². The number of rotatable bonds is 5. The maximum atomic E-state index is 5.96. The van der Waals surface area contributed by atoms with Crippen molar-refractivity contribution in [3.05, 3.63) is 33.3 Å². The number of hydrogen-bond donors (Lipinski definition) is 1. The second kappa shape index (κ2) is 7.13. The standard InChI is InChI=1S/C16H20IN3O2/c1-5-21-14-6-11(9(2)3)13(7-12(14)17)22-15-8-19-10(4)20-16(15)18/h6-9H,5H2,1-4H3,(H2,18,19,20). The third-order valence-corrected chi connectivity index (χ3v) is 3.95. The second-order valence-corrected chi connectivity index (χ2v) is 6.34. The average Bonchev–Trinajstić information content (AvgIpc) is 2.44. The Morgan fingerprint density at radius 1 is 1.23 bits per heavy atom. The molecule has 0 unspecified atom stereocenters. The molecule has 0 aliphatic rings. The van der Waals surface area contributed by atoms with Crippen LogP contribution in [0.2, 0.25) is 0 Å². The van der Waals surface area contributed by atoms with Crippen molar-refractivity contribution in [1.82, 2.24) is 9.97 Å². The smallest absolute Gasteiger partial charge is 0.187 e. The van der Waals surface area contributed by atoms with Crippen LogP contribution in [0.3, 0.4) is 0 Å². The Bertz CT molecular complexity index is 675. The van der Waals surface area contributed by atoms with E-state index < -0.39 is 0 Å². The number of aromatic nitrogens is 2. The van der Waals surface area contributed by atoms with E-state index in [1.54, 1.807) is 13.1 Å². The van der Waals surface area contributed by atoms with Gasteiger partial charge < -0.3 is 15.2 Å². The average molecular weight is 413 g/mol. The first-order valence-electron chi connectivity index (χ1n) is 7.15. The molecule has 0 bridgehead atoms. The molecule has 6 heteroatoms. The minimum atomic E-state index is 0.291. The summed E-state index contributed by atoms with van der Waals surface area (Å²) in [6.07, 6.45) is 1.60. The van der Waals surface area contributed by atoms with Crippen LogP contribution in [-0.4, -0.2) is 16.6 Å². The molecule has 1 aromatic carbocycles. The van der Waals surface area contributed by atoms with Gasteiger partial charge in [0.05, 0.1) is 16.4 Å². The molecule has 2 rings (SSSR count). The highest BCUT2D eigenvalue weighted by Gasteiger charge is 2.15. The van der Waals surface area contributed by atoms with E-state index >= 15 is 0 Å². The Kier molecular flexibility index (Phi) is 5.44. The maximum absolute atomic E-state index is 5.96. The van der Waals surface area contributed by atoms with E-state index in [1.165, 1.54) is 0 Å². The van der Waals surface area contributed by atoms with Crippen LogP contribution in [0.5, 0.6) is 17.2 Å². The molecule has 0 aliphatic carbocycles. The summed E-state index contributed by atoms with van der Waals surface area (Å²) in [5.41, 5.74) is 6.97. The normalized spacial score (nSPS) is 10.8. The van der Waals surface area contributed by atoms with Gasteiger partial charge in [0, 0.05) is 5.56 Å². The minimum Gasteiger partial charge on any atom is -0.493 e. The topological polar surface area (TPSA) is 70.3 Å². The van der Waals surface area contributed by atoms with E-state index in [0.29, 0.717) is 29.9 Å². The van der Waals surface area contributed by atoms with Crippen molar-refractivity contribution in [3.63, 3.8) is 0 Å². The number of benzene rings is 1. The molecule has 0 radical (unpaired) electrons. The van der Waals surface area contributed by atoms with Gasteiger partial charge in [0.15, 0.2) is 11.6 Å². The Balaban J connectivity index is 2.43. The molecule has 0 fully saturated rings. The van der Waals surface area contributed by atoms with Gasteiger partial charge in [-0.3, -0.25) is 0 Å². The van der Waals surface area contributed by atoms with Gasteiger partial charge in [-0.25, -0.2) is 9.97 Å². The van der Waals surface area contributed by atoms with Crippen LogP contribution in [0.4, 0.5) is 5.82 Å². The quantitative estimate of drug-likeness (QED) is 0.741. The van der Waals surface area contributed by atoms with E-state index in [4.69, 9.17) is 15.2 Å². The first-order valence-corrected chi connectivity index (χ1v) is 8.23. The fourth-order valence-corrected chi connectivity index (χ4v) is 2.62. The number of halogens is 1. The Hall–Kier alpha value is -1.57. The molecular formula is C16H20IN3O2. The zero-order chi connectivity index (χ0) is 16.3. The number of hydrogen-bond acceptors (Lipinski definition) is 5. The third kappa shape index (κ3) is 3.79. The molecule has 0 saturated carbocycles. The lowest BCUT2D eigenvalue weighted by Gasteiger charge is -2.17. The van der Waals surface area contributed by atoms with Crippen molar-refractivity contribution < 1.29 is 9.47 Å². The molecular weight excluding hydrogens is 393 g/mol. The highest BCUT2D eigenvalue weighted by atomic mass is 127. The number of nitrogens with two attached hydrogens (primary N) is 1. The van der Waals surface area contributed by atoms with Crippen molar-refractivity contribution in [2.45, 2.75) is 33.6 Å². The molecule has 118 valence electrons. The van der Waals surface area contributed by atoms with Crippen LogP contribution in [0.1, 0.15) is 38.1 Å². The molecule has 2 aromatic rings. The number of aryl methyl sites for hydroxylation is 1. The third-order valence-electron chi connectivity index (χ3n) is 3.11. The van der Waals surface area contributed by atoms with E-state index in [9.17, 15) is 0 Å². The molecule has 0 aliphatic heterocycles. The number of anilines is 1. The molecule has 1 heterocycles. The van der Waals surface area contributed by atoms with Crippen molar-refractivity contribution in [1.29, 1.82) is 0 Å². The predicted molar refractivity (Wildman–Crippen MR) is 95.7 cm³/mol. The van der Waals surface area contributed by atoms with E-state index in [1.807, 2.05) is 19.1 Å².